The molecule has 0 nitrogen and oxygen atoms in total. The number of allylic oxidation sites excluding steroid dienone is 8. The summed E-state index contributed by atoms with van der Waals surface area (Å²) < 4.78 is 0. The Balaban J connectivity index is 2.38. The topological polar surface area (TPSA) is 0 Å². The second kappa shape index (κ2) is 7.60. The first-order valence-electron chi connectivity index (χ1n) is 5.12. The Labute approximate surface area is 81.4 Å². The molecule has 0 atom stereocenters. The van der Waals surface area contributed by atoms with Gasteiger partial charge in [0.25, 0.3) is 0 Å². The summed E-state index contributed by atoms with van der Waals surface area (Å²) in [6, 6.07) is 0. The molecule has 0 amide bonds. The van der Waals surface area contributed by atoms with E-state index in [1.165, 1.54) is 0 Å². The molecule has 0 saturated carbocycles. The highest BCUT2D eigenvalue weighted by molar-refractivity contribution is 5.04. The molecule has 0 spiro atoms. The molecule has 0 unspecified atom stereocenters. The SMILES string of the molecule is C1=CCC/C=C\C=C\CC/C=C/C1. The molecule has 1 rings (SSSR count). The predicted molar refractivity (Wildman–Crippen MR) is 59.6 cm³/mol. The van der Waals surface area contributed by atoms with Crippen LogP contribution in [0, 0.1) is 0 Å². The lowest BCUT2D eigenvalue weighted by Gasteiger charge is -1.85. The minimum atomic E-state index is 1.09. The summed E-state index contributed by atoms with van der Waals surface area (Å²) >= 11 is 0. The third-order valence-electron chi connectivity index (χ3n) is 1.99. The first-order chi connectivity index (χ1) is 6.50. The van der Waals surface area contributed by atoms with Crippen molar-refractivity contribution in [2.75, 3.05) is 0 Å². The summed E-state index contributed by atoms with van der Waals surface area (Å²) in [5, 5.41) is 0. The molecule has 0 radical (unpaired) electrons. The molecule has 0 fully saturated rings. The zero-order valence-corrected chi connectivity index (χ0v) is 8.15. The van der Waals surface area contributed by atoms with Crippen LogP contribution in [0.3, 0.4) is 0 Å². The van der Waals surface area contributed by atoms with E-state index in [9.17, 15) is 0 Å². The molecule has 70 valence electrons. The largest absolute Gasteiger partial charge is 0.0879 e. The molecular formula is C13H18. The van der Waals surface area contributed by atoms with Gasteiger partial charge >= 0.3 is 0 Å². The van der Waals surface area contributed by atoms with Crippen LogP contribution in [-0.2, 0) is 0 Å². The predicted octanol–water partition coefficient (Wildman–Crippen LogP) is 4.18. The number of hydrogen-bond acceptors (Lipinski definition) is 0. The van der Waals surface area contributed by atoms with E-state index in [0.29, 0.717) is 0 Å². The second-order valence-electron chi connectivity index (χ2n) is 3.19. The van der Waals surface area contributed by atoms with E-state index < -0.39 is 0 Å². The van der Waals surface area contributed by atoms with Crippen molar-refractivity contribution in [3.63, 3.8) is 0 Å². The van der Waals surface area contributed by atoms with Gasteiger partial charge in [-0.2, -0.15) is 0 Å². The van der Waals surface area contributed by atoms with Gasteiger partial charge in [0.1, 0.15) is 0 Å². The quantitative estimate of drug-likeness (QED) is 0.483. The van der Waals surface area contributed by atoms with Crippen LogP contribution in [0.15, 0.2) is 48.6 Å². The van der Waals surface area contributed by atoms with E-state index in [1.54, 1.807) is 0 Å². The van der Waals surface area contributed by atoms with Crippen LogP contribution in [0.2, 0.25) is 0 Å². The monoisotopic (exact) mass is 174 g/mol. The molecule has 0 aromatic heterocycles. The van der Waals surface area contributed by atoms with Gasteiger partial charge in [0.2, 0.25) is 0 Å². The van der Waals surface area contributed by atoms with Crippen LogP contribution in [0.4, 0.5) is 0 Å². The van der Waals surface area contributed by atoms with Crippen LogP contribution < -0.4 is 0 Å². The lowest BCUT2D eigenvalue weighted by Crippen LogP contribution is -1.64. The van der Waals surface area contributed by atoms with Gasteiger partial charge in [-0.25, -0.2) is 0 Å². The Morgan fingerprint density at radius 3 is 1.46 bits per heavy atom. The molecule has 0 heterocycles. The molecule has 1 aliphatic carbocycles. The van der Waals surface area contributed by atoms with Crippen molar-refractivity contribution in [1.82, 2.24) is 0 Å². The molecule has 0 bridgehead atoms. The molecular weight excluding hydrogens is 156 g/mol. The van der Waals surface area contributed by atoms with Crippen LogP contribution in [-0.4, -0.2) is 0 Å². The number of hydrogen-bond donors (Lipinski definition) is 0. The molecule has 0 N–H and O–H groups in total. The fraction of sp³-hybridized carbons (Fsp3) is 0.385. The minimum Gasteiger partial charge on any atom is -0.0879 e. The fourth-order valence-electron chi connectivity index (χ4n) is 1.24. The maximum Gasteiger partial charge on any atom is -0.0169 e. The molecule has 1 aliphatic rings. The van der Waals surface area contributed by atoms with Crippen molar-refractivity contribution in [2.24, 2.45) is 0 Å². The smallest absolute Gasteiger partial charge is 0.0169 e. The third-order valence-corrected chi connectivity index (χ3v) is 1.99. The molecule has 0 aliphatic heterocycles. The van der Waals surface area contributed by atoms with E-state index >= 15 is 0 Å². The van der Waals surface area contributed by atoms with E-state index in [2.05, 4.69) is 48.6 Å². The standard InChI is InChI=1S/C13H18/c1-2-4-6-8-10-12-13-11-9-7-5-3-1/h1-4,9-12H,5-8,13H2/b3-1-,4-2+,11-9?,12-10+. The van der Waals surface area contributed by atoms with Crippen LogP contribution in [0.5, 0.6) is 0 Å². The lowest BCUT2D eigenvalue weighted by molar-refractivity contribution is 1.04. The van der Waals surface area contributed by atoms with Crippen LogP contribution in [0.25, 0.3) is 0 Å². The summed E-state index contributed by atoms with van der Waals surface area (Å²) in [4.78, 5) is 0. The van der Waals surface area contributed by atoms with Crippen LogP contribution in [0.1, 0.15) is 32.1 Å². The average Bonchev–Trinajstić information content (AvgIpc) is 2.18. The van der Waals surface area contributed by atoms with Crippen molar-refractivity contribution in [1.29, 1.82) is 0 Å². The van der Waals surface area contributed by atoms with E-state index in [1.807, 2.05) is 0 Å². The Morgan fingerprint density at radius 2 is 0.923 bits per heavy atom. The van der Waals surface area contributed by atoms with Gasteiger partial charge in [-0.05, 0) is 32.1 Å². The normalized spacial score (nSPS) is 26.5. The summed E-state index contributed by atoms with van der Waals surface area (Å²) in [5.74, 6) is 0. The summed E-state index contributed by atoms with van der Waals surface area (Å²) in [7, 11) is 0. The van der Waals surface area contributed by atoms with Gasteiger partial charge in [-0.15, -0.1) is 0 Å². The van der Waals surface area contributed by atoms with Crippen molar-refractivity contribution in [2.45, 2.75) is 32.1 Å². The molecule has 0 aromatic rings. The highest BCUT2D eigenvalue weighted by Gasteiger charge is 1.79. The van der Waals surface area contributed by atoms with Crippen molar-refractivity contribution in [3.8, 4) is 0 Å². The highest BCUT2D eigenvalue weighted by atomic mass is 13.9. The van der Waals surface area contributed by atoms with Crippen molar-refractivity contribution in [3.05, 3.63) is 48.6 Å². The third kappa shape index (κ3) is 6.15. The van der Waals surface area contributed by atoms with Crippen molar-refractivity contribution < 1.29 is 0 Å². The lowest BCUT2D eigenvalue weighted by atomic mass is 10.2. The Bertz CT molecular complexity index is 192. The fourth-order valence-corrected chi connectivity index (χ4v) is 1.24. The average molecular weight is 174 g/mol. The highest BCUT2D eigenvalue weighted by Crippen LogP contribution is 1.99. The van der Waals surface area contributed by atoms with Gasteiger partial charge in [-0.1, -0.05) is 48.6 Å². The Kier molecular flexibility index (Phi) is 5.87. The van der Waals surface area contributed by atoms with E-state index in [4.69, 9.17) is 0 Å². The maximum atomic E-state index is 2.26. The van der Waals surface area contributed by atoms with Gasteiger partial charge in [0.15, 0.2) is 0 Å². The zero-order valence-electron chi connectivity index (χ0n) is 8.15. The van der Waals surface area contributed by atoms with Gasteiger partial charge < -0.3 is 0 Å². The molecule has 13 heavy (non-hydrogen) atoms. The first-order valence-corrected chi connectivity index (χ1v) is 5.12. The second-order valence-corrected chi connectivity index (χ2v) is 3.19. The first kappa shape index (κ1) is 10.0. The summed E-state index contributed by atoms with van der Waals surface area (Å²) in [6.07, 6.45) is 23.5. The zero-order chi connectivity index (χ0) is 9.19. The molecule has 0 heteroatoms. The van der Waals surface area contributed by atoms with E-state index in [0.717, 1.165) is 32.1 Å². The van der Waals surface area contributed by atoms with Gasteiger partial charge in [-0.3, -0.25) is 0 Å². The number of rotatable bonds is 0. The maximum absolute atomic E-state index is 2.26. The van der Waals surface area contributed by atoms with Gasteiger partial charge in [0, 0.05) is 0 Å². The molecule has 0 aromatic carbocycles. The van der Waals surface area contributed by atoms with E-state index in [-0.39, 0.29) is 0 Å². The van der Waals surface area contributed by atoms with Crippen molar-refractivity contribution >= 4 is 0 Å². The minimum absolute atomic E-state index is 1.09. The Hall–Kier alpha value is -1.04. The molecule has 0 saturated heterocycles. The van der Waals surface area contributed by atoms with Crippen LogP contribution >= 0.6 is 0 Å². The summed E-state index contributed by atoms with van der Waals surface area (Å²) in [5.41, 5.74) is 0. The Morgan fingerprint density at radius 1 is 0.462 bits per heavy atom. The summed E-state index contributed by atoms with van der Waals surface area (Å²) in [6.45, 7) is 0. The van der Waals surface area contributed by atoms with Gasteiger partial charge in [0.05, 0.1) is 0 Å².